The van der Waals surface area contributed by atoms with Crippen molar-refractivity contribution < 1.29 is 14.3 Å². The van der Waals surface area contributed by atoms with E-state index in [-0.39, 0.29) is 30.8 Å². The molecule has 0 bridgehead atoms. The lowest BCUT2D eigenvalue weighted by Crippen LogP contribution is -2.51. The van der Waals surface area contributed by atoms with E-state index in [1.807, 2.05) is 18.2 Å². The van der Waals surface area contributed by atoms with Gasteiger partial charge in [-0.15, -0.1) is 12.4 Å². The van der Waals surface area contributed by atoms with Crippen LogP contribution in [-0.2, 0) is 14.3 Å². The molecule has 23 heavy (non-hydrogen) atoms. The van der Waals surface area contributed by atoms with Crippen molar-refractivity contribution in [1.82, 2.24) is 10.6 Å². The van der Waals surface area contributed by atoms with E-state index in [4.69, 9.17) is 4.74 Å². The molecule has 0 aliphatic carbocycles. The minimum Gasteiger partial charge on any atom is -0.384 e. The molecule has 1 fully saturated rings. The second kappa shape index (κ2) is 9.50. The quantitative estimate of drug-likeness (QED) is 0.726. The van der Waals surface area contributed by atoms with Crippen LogP contribution >= 0.6 is 12.4 Å². The number of rotatable bonds is 6. The van der Waals surface area contributed by atoms with E-state index >= 15 is 0 Å². The van der Waals surface area contributed by atoms with E-state index in [0.717, 1.165) is 18.8 Å². The van der Waals surface area contributed by atoms with Crippen LogP contribution in [0.15, 0.2) is 30.3 Å². The normalized spacial score (nSPS) is 16.0. The van der Waals surface area contributed by atoms with Crippen molar-refractivity contribution in [2.24, 2.45) is 5.41 Å². The zero-order valence-corrected chi connectivity index (χ0v) is 14.1. The minimum absolute atomic E-state index is 0. The Kier molecular flexibility index (Phi) is 8.02. The maximum atomic E-state index is 12.5. The second-order valence-electron chi connectivity index (χ2n) is 5.56. The van der Waals surface area contributed by atoms with Crippen molar-refractivity contribution in [3.63, 3.8) is 0 Å². The maximum Gasteiger partial charge on any atom is 0.243 e. The summed E-state index contributed by atoms with van der Waals surface area (Å²) >= 11 is 0. The topological polar surface area (TPSA) is 79.5 Å². The van der Waals surface area contributed by atoms with Crippen LogP contribution in [0.3, 0.4) is 0 Å². The zero-order valence-electron chi connectivity index (χ0n) is 13.3. The number of ether oxygens (including phenoxy) is 1. The summed E-state index contributed by atoms with van der Waals surface area (Å²) in [6.45, 7) is 1.91. The third-order valence-corrected chi connectivity index (χ3v) is 3.93. The average Bonchev–Trinajstić information content (AvgIpc) is 2.54. The number of carbonyl (C=O) groups is 2. The number of halogens is 1. The molecule has 0 aromatic heterocycles. The van der Waals surface area contributed by atoms with Gasteiger partial charge in [-0.3, -0.25) is 9.59 Å². The van der Waals surface area contributed by atoms with Crippen molar-refractivity contribution in [2.45, 2.75) is 12.8 Å². The molecule has 1 aromatic rings. The molecule has 0 spiro atoms. The molecule has 0 unspecified atom stereocenters. The third kappa shape index (κ3) is 5.49. The number of hydrogen-bond acceptors (Lipinski definition) is 4. The number of carbonyl (C=O) groups excluding carboxylic acids is 2. The Morgan fingerprint density at radius 2 is 1.87 bits per heavy atom. The van der Waals surface area contributed by atoms with Crippen LogP contribution in [0, 0.1) is 5.41 Å². The highest BCUT2D eigenvalue weighted by Gasteiger charge is 2.39. The van der Waals surface area contributed by atoms with Gasteiger partial charge in [-0.05, 0) is 38.1 Å². The number of benzene rings is 1. The number of para-hydroxylation sites is 1. The van der Waals surface area contributed by atoms with Gasteiger partial charge in [0.1, 0.15) is 0 Å². The van der Waals surface area contributed by atoms with Crippen molar-refractivity contribution in [3.05, 3.63) is 30.3 Å². The van der Waals surface area contributed by atoms with Gasteiger partial charge in [0.25, 0.3) is 0 Å². The molecule has 128 valence electrons. The lowest BCUT2D eigenvalue weighted by molar-refractivity contribution is -0.137. The van der Waals surface area contributed by atoms with Crippen LogP contribution in [0.4, 0.5) is 5.69 Å². The summed E-state index contributed by atoms with van der Waals surface area (Å²) in [5.74, 6) is -0.347. The van der Waals surface area contributed by atoms with Crippen LogP contribution in [0.2, 0.25) is 0 Å². The zero-order chi connectivity index (χ0) is 15.8. The van der Waals surface area contributed by atoms with E-state index < -0.39 is 5.41 Å². The Morgan fingerprint density at radius 1 is 1.22 bits per heavy atom. The van der Waals surface area contributed by atoms with Crippen LogP contribution in [-0.4, -0.2) is 45.2 Å². The number of hydrogen-bond donors (Lipinski definition) is 3. The molecular weight excluding hydrogens is 318 g/mol. The van der Waals surface area contributed by atoms with Gasteiger partial charge in [-0.1, -0.05) is 18.2 Å². The van der Waals surface area contributed by atoms with Crippen molar-refractivity contribution in [1.29, 1.82) is 0 Å². The van der Waals surface area contributed by atoms with Crippen molar-refractivity contribution in [3.8, 4) is 0 Å². The van der Waals surface area contributed by atoms with Crippen LogP contribution in [0.5, 0.6) is 0 Å². The smallest absolute Gasteiger partial charge is 0.243 e. The molecule has 1 aliphatic heterocycles. The molecule has 0 radical (unpaired) electrons. The Morgan fingerprint density at radius 3 is 2.48 bits per heavy atom. The summed E-state index contributed by atoms with van der Waals surface area (Å²) in [5, 5.41) is 8.72. The van der Waals surface area contributed by atoms with Crippen molar-refractivity contribution in [2.75, 3.05) is 38.7 Å². The Bertz CT molecular complexity index is 499. The fourth-order valence-corrected chi connectivity index (χ4v) is 2.69. The third-order valence-electron chi connectivity index (χ3n) is 3.93. The number of anilines is 1. The lowest BCUT2D eigenvalue weighted by Gasteiger charge is -2.35. The van der Waals surface area contributed by atoms with Gasteiger partial charge in [0.05, 0.1) is 18.6 Å². The van der Waals surface area contributed by atoms with Crippen LogP contribution in [0.1, 0.15) is 12.8 Å². The highest BCUT2D eigenvalue weighted by atomic mass is 35.5. The van der Waals surface area contributed by atoms with Gasteiger partial charge in [0, 0.05) is 12.8 Å². The Balaban J connectivity index is 0.00000264. The van der Waals surface area contributed by atoms with Crippen LogP contribution < -0.4 is 16.0 Å². The van der Waals surface area contributed by atoms with Gasteiger partial charge in [0.15, 0.2) is 0 Å². The highest BCUT2D eigenvalue weighted by molar-refractivity contribution is 5.95. The molecule has 1 aliphatic rings. The number of piperidine rings is 1. The van der Waals surface area contributed by atoms with E-state index in [9.17, 15) is 9.59 Å². The summed E-state index contributed by atoms with van der Waals surface area (Å²) in [4.78, 5) is 24.4. The molecule has 7 heteroatoms. The predicted octanol–water partition coefficient (Wildman–Crippen LogP) is 1.18. The molecule has 6 nitrogen and oxygen atoms in total. The predicted molar refractivity (Wildman–Crippen MR) is 91.7 cm³/mol. The van der Waals surface area contributed by atoms with Crippen LogP contribution in [0.25, 0.3) is 0 Å². The van der Waals surface area contributed by atoms with Gasteiger partial charge >= 0.3 is 0 Å². The van der Waals surface area contributed by atoms with Gasteiger partial charge in [-0.2, -0.15) is 0 Å². The molecular formula is C16H24ClN3O3. The number of nitrogens with one attached hydrogen (secondary N) is 3. The summed E-state index contributed by atoms with van der Waals surface area (Å²) in [6, 6.07) is 9.18. The molecule has 0 saturated carbocycles. The van der Waals surface area contributed by atoms with Crippen molar-refractivity contribution >= 4 is 29.9 Å². The fraction of sp³-hybridized carbons (Fsp3) is 0.500. The summed E-state index contributed by atoms with van der Waals surface area (Å²) in [7, 11) is 1.60. The molecule has 3 N–H and O–H groups in total. The number of methoxy groups -OCH3 is 1. The first kappa shape index (κ1) is 19.4. The van der Waals surface area contributed by atoms with E-state index in [1.54, 1.807) is 19.2 Å². The molecule has 1 aromatic carbocycles. The van der Waals surface area contributed by atoms with Gasteiger partial charge in [0.2, 0.25) is 11.8 Å². The first-order valence-corrected chi connectivity index (χ1v) is 7.49. The monoisotopic (exact) mass is 341 g/mol. The fourth-order valence-electron chi connectivity index (χ4n) is 2.69. The van der Waals surface area contributed by atoms with Gasteiger partial charge < -0.3 is 20.7 Å². The first-order valence-electron chi connectivity index (χ1n) is 7.49. The largest absolute Gasteiger partial charge is 0.384 e. The Hall–Kier alpha value is -1.63. The van der Waals surface area contributed by atoms with Gasteiger partial charge in [-0.25, -0.2) is 0 Å². The standard InChI is InChI=1S/C16H23N3O3.ClH/c1-22-12-16(7-9-17-10-8-16)15(21)18-11-14(20)19-13-5-3-2-4-6-13;/h2-6,17H,7-12H2,1H3,(H,18,21)(H,19,20);1H. The Labute approximate surface area is 142 Å². The molecule has 1 heterocycles. The summed E-state index contributed by atoms with van der Waals surface area (Å²) < 4.78 is 5.22. The SMILES string of the molecule is COCC1(C(=O)NCC(=O)Nc2ccccc2)CCNCC1.Cl. The first-order chi connectivity index (χ1) is 10.7. The summed E-state index contributed by atoms with van der Waals surface area (Å²) in [6.07, 6.45) is 1.43. The van der Waals surface area contributed by atoms with E-state index in [0.29, 0.717) is 19.4 Å². The average molecular weight is 342 g/mol. The molecule has 1 saturated heterocycles. The molecule has 2 amide bonds. The van der Waals surface area contributed by atoms with E-state index in [1.165, 1.54) is 0 Å². The number of amides is 2. The molecule has 2 rings (SSSR count). The lowest BCUT2D eigenvalue weighted by atomic mass is 9.78. The highest BCUT2D eigenvalue weighted by Crippen LogP contribution is 2.29. The van der Waals surface area contributed by atoms with E-state index in [2.05, 4.69) is 16.0 Å². The summed E-state index contributed by atoms with van der Waals surface area (Å²) in [5.41, 5.74) is 0.183. The minimum atomic E-state index is -0.535. The molecule has 0 atom stereocenters. The second-order valence-corrected chi connectivity index (χ2v) is 5.56. The maximum absolute atomic E-state index is 12.5.